The van der Waals surface area contributed by atoms with E-state index >= 15 is 0 Å². The van der Waals surface area contributed by atoms with Gasteiger partial charge in [0.1, 0.15) is 5.01 Å². The molecule has 0 fully saturated rings. The smallest absolute Gasteiger partial charge is 0.124 e. The van der Waals surface area contributed by atoms with Crippen LogP contribution in [0.2, 0.25) is 0 Å². The summed E-state index contributed by atoms with van der Waals surface area (Å²) in [6, 6.07) is 65.0. The van der Waals surface area contributed by atoms with Crippen LogP contribution in [-0.4, -0.2) is 22.0 Å². The SMILES string of the molecule is C/C=C\C(C)=C/CC.C=Nc1ccccc1N(Cc1ccc(-c2ccc(-c3ccc(C(C)=Nc4ccccc4C)cc3)c3nc(-c4ccc5c(c4)c4ccccc4n5-c4ccccc4)sc23)cc1)C1=CCCC=C1.CC. The Morgan fingerprint density at radius 3 is 2.08 bits per heavy atom. The number of aromatic nitrogens is 2. The fraction of sp³-hybridized carbons (Fsp3) is 0.157. The summed E-state index contributed by atoms with van der Waals surface area (Å²) in [4.78, 5) is 17.2. The van der Waals surface area contributed by atoms with Gasteiger partial charge >= 0.3 is 0 Å². The fourth-order valence-electron chi connectivity index (χ4n) is 9.94. The lowest BCUT2D eigenvalue weighted by Gasteiger charge is -2.28. The monoisotopic (exact) mass is 1010 g/mol. The van der Waals surface area contributed by atoms with Crippen molar-refractivity contribution in [3.05, 3.63) is 246 Å². The Hall–Kier alpha value is -8.45. The molecule has 76 heavy (non-hydrogen) atoms. The number of anilines is 1. The predicted molar refractivity (Wildman–Crippen MR) is 332 cm³/mol. The van der Waals surface area contributed by atoms with Crippen molar-refractivity contribution in [2.45, 2.75) is 74.3 Å². The quantitative estimate of drug-likeness (QED) is 0.0853. The highest BCUT2D eigenvalue weighted by atomic mass is 32.1. The predicted octanol–water partition coefficient (Wildman–Crippen LogP) is 20.4. The molecule has 0 radical (unpaired) electrons. The molecule has 1 aliphatic carbocycles. The Kier molecular flexibility index (Phi) is 17.0. The van der Waals surface area contributed by atoms with Crippen molar-refractivity contribution in [1.29, 1.82) is 0 Å². The first kappa shape index (κ1) is 52.4. The van der Waals surface area contributed by atoms with Crippen LogP contribution in [0.1, 0.15) is 77.5 Å². The van der Waals surface area contributed by atoms with Crippen LogP contribution in [0.5, 0.6) is 0 Å². The minimum Gasteiger partial charge on any atom is -0.336 e. The molecule has 0 spiro atoms. The number of nitrogens with zero attached hydrogens (tertiary/aromatic N) is 5. The van der Waals surface area contributed by atoms with Crippen LogP contribution in [-0.2, 0) is 6.54 Å². The third kappa shape index (κ3) is 11.4. The standard InChI is InChI=1S/C60H47N5S.C8H14.C2H6/c1-40-16-10-12-22-53(40)62-41(2)43-30-32-44(33-31-43)49-35-36-50(45-28-26-42(27-29-45)39-64(47-17-6-4-7-18-47)57-25-15-13-23-54(57)61-3)59-58(49)63-60(66-59)46-34-37-56-52(38-46)51-21-11-14-24-55(51)65(56)48-19-8-5-9-20-48;1-4-6-8(3)7-5-2;1-2/h5-6,8-38H,3-4,7,39H2,1-2H3;4,6-7H,5H2,1-3H3;1-2H3/b;6-4-,8-7-;. The fourth-order valence-corrected chi connectivity index (χ4v) is 11.1. The van der Waals surface area contributed by atoms with Crippen LogP contribution in [0.4, 0.5) is 17.1 Å². The van der Waals surface area contributed by atoms with Crippen molar-refractivity contribution in [3.63, 3.8) is 0 Å². The number of allylic oxidation sites excluding steroid dienone is 7. The summed E-state index contributed by atoms with van der Waals surface area (Å²) in [7, 11) is 0. The molecule has 0 unspecified atom stereocenters. The molecular formula is C70H67N5S. The van der Waals surface area contributed by atoms with Crippen LogP contribution < -0.4 is 4.90 Å². The lowest BCUT2D eigenvalue weighted by atomic mass is 9.97. The first-order chi connectivity index (χ1) is 37.3. The van der Waals surface area contributed by atoms with Gasteiger partial charge in [0.05, 0.1) is 38.3 Å². The first-order valence-electron chi connectivity index (χ1n) is 26.6. The molecule has 378 valence electrons. The maximum absolute atomic E-state index is 5.53. The van der Waals surface area contributed by atoms with Crippen LogP contribution in [0, 0.1) is 6.92 Å². The summed E-state index contributed by atoms with van der Waals surface area (Å²) in [5.41, 5.74) is 20.1. The minimum absolute atomic E-state index is 0.705. The van der Waals surface area contributed by atoms with Gasteiger partial charge < -0.3 is 9.47 Å². The number of aryl methyl sites for hydroxylation is 1. The van der Waals surface area contributed by atoms with Gasteiger partial charge in [0.2, 0.25) is 0 Å². The second-order valence-electron chi connectivity index (χ2n) is 18.7. The Morgan fingerprint density at radius 2 is 1.36 bits per heavy atom. The van der Waals surface area contributed by atoms with E-state index in [4.69, 9.17) is 9.98 Å². The van der Waals surface area contributed by atoms with Gasteiger partial charge in [-0.05, 0) is 142 Å². The number of hydrogen-bond donors (Lipinski definition) is 0. The summed E-state index contributed by atoms with van der Waals surface area (Å²) in [5.74, 6) is 0. The highest BCUT2D eigenvalue weighted by molar-refractivity contribution is 7.22. The molecule has 0 atom stereocenters. The van der Waals surface area contributed by atoms with Crippen LogP contribution in [0.15, 0.2) is 240 Å². The Bertz CT molecular complexity index is 3790. The summed E-state index contributed by atoms with van der Waals surface area (Å²) in [6.45, 7) is 19.1. The molecule has 0 aliphatic heterocycles. The number of aliphatic imine (C=N–C) groups is 2. The third-order valence-electron chi connectivity index (χ3n) is 13.7. The van der Waals surface area contributed by atoms with E-state index in [2.05, 4.69) is 249 Å². The number of hydrogen-bond acceptors (Lipinski definition) is 5. The summed E-state index contributed by atoms with van der Waals surface area (Å²) in [5, 5.41) is 3.42. The van der Waals surface area contributed by atoms with Crippen LogP contribution >= 0.6 is 11.3 Å². The Balaban J connectivity index is 0.000000648. The summed E-state index contributed by atoms with van der Waals surface area (Å²) in [6.07, 6.45) is 16.4. The second-order valence-corrected chi connectivity index (χ2v) is 19.7. The van der Waals surface area contributed by atoms with E-state index in [-0.39, 0.29) is 0 Å². The summed E-state index contributed by atoms with van der Waals surface area (Å²) >= 11 is 1.77. The van der Waals surface area contributed by atoms with Crippen molar-refractivity contribution in [2.75, 3.05) is 4.90 Å². The normalized spacial score (nSPS) is 12.6. The maximum Gasteiger partial charge on any atom is 0.124 e. The second kappa shape index (κ2) is 24.7. The van der Waals surface area contributed by atoms with Crippen molar-refractivity contribution < 1.29 is 0 Å². The van der Waals surface area contributed by atoms with Gasteiger partial charge in [0, 0.05) is 51.1 Å². The van der Waals surface area contributed by atoms with Gasteiger partial charge in [-0.2, -0.15) is 0 Å². The van der Waals surface area contributed by atoms with Gasteiger partial charge in [-0.25, -0.2) is 4.98 Å². The molecule has 1 aliphatic rings. The molecule has 10 aromatic rings. The van der Waals surface area contributed by atoms with E-state index in [1.165, 1.54) is 44.2 Å². The van der Waals surface area contributed by atoms with Crippen LogP contribution in [0.25, 0.3) is 70.5 Å². The molecule has 8 aromatic carbocycles. The van der Waals surface area contributed by atoms with Crippen molar-refractivity contribution in [1.82, 2.24) is 9.55 Å². The zero-order valence-electron chi connectivity index (χ0n) is 45.0. The van der Waals surface area contributed by atoms with E-state index in [1.54, 1.807) is 11.3 Å². The molecule has 0 saturated heterocycles. The van der Waals surface area contributed by atoms with Gasteiger partial charge in [-0.1, -0.05) is 184 Å². The van der Waals surface area contributed by atoms with Crippen molar-refractivity contribution >= 4 is 72.9 Å². The number of benzene rings is 8. The average Bonchev–Trinajstić information content (AvgIpc) is 4.07. The zero-order chi connectivity index (χ0) is 53.0. The molecule has 0 N–H and O–H groups in total. The number of thiazole rings is 1. The number of para-hydroxylation sites is 5. The molecule has 5 nitrogen and oxygen atoms in total. The molecule has 2 aromatic heterocycles. The van der Waals surface area contributed by atoms with Gasteiger partial charge in [-0.15, -0.1) is 11.3 Å². The molecule has 6 heteroatoms. The van der Waals surface area contributed by atoms with E-state index < -0.39 is 0 Å². The maximum atomic E-state index is 5.53. The van der Waals surface area contributed by atoms with Gasteiger partial charge in [-0.3, -0.25) is 9.98 Å². The first-order valence-corrected chi connectivity index (χ1v) is 27.5. The highest BCUT2D eigenvalue weighted by Gasteiger charge is 2.20. The largest absolute Gasteiger partial charge is 0.336 e. The number of rotatable bonds is 13. The Morgan fingerprint density at radius 1 is 0.697 bits per heavy atom. The highest BCUT2D eigenvalue weighted by Crippen LogP contribution is 2.44. The average molecular weight is 1010 g/mol. The molecule has 2 heterocycles. The van der Waals surface area contributed by atoms with E-state index in [0.717, 1.165) is 96.3 Å². The van der Waals surface area contributed by atoms with Crippen molar-refractivity contribution in [3.8, 4) is 38.5 Å². The third-order valence-corrected chi connectivity index (χ3v) is 14.8. The van der Waals surface area contributed by atoms with Crippen LogP contribution in [0.3, 0.4) is 0 Å². The van der Waals surface area contributed by atoms with Crippen molar-refractivity contribution in [2.24, 2.45) is 9.98 Å². The Labute approximate surface area is 454 Å². The number of fused-ring (bicyclic) bond motifs is 4. The lowest BCUT2D eigenvalue weighted by molar-refractivity contribution is 0.899. The topological polar surface area (TPSA) is 45.8 Å². The lowest BCUT2D eigenvalue weighted by Crippen LogP contribution is -2.21. The summed E-state index contributed by atoms with van der Waals surface area (Å²) < 4.78 is 3.52. The molecule has 0 amide bonds. The van der Waals surface area contributed by atoms with Gasteiger partial charge in [0.25, 0.3) is 0 Å². The van der Waals surface area contributed by atoms with Gasteiger partial charge in [0.15, 0.2) is 0 Å². The molecule has 0 saturated carbocycles. The molecular weight excluding hydrogens is 943 g/mol. The molecule has 11 rings (SSSR count). The molecule has 0 bridgehead atoms. The van der Waals surface area contributed by atoms with E-state index in [9.17, 15) is 0 Å². The minimum atomic E-state index is 0.705. The van der Waals surface area contributed by atoms with E-state index in [1.807, 2.05) is 39.0 Å². The van der Waals surface area contributed by atoms with E-state index in [0.29, 0.717) is 6.54 Å². The zero-order valence-corrected chi connectivity index (χ0v) is 45.8.